The SMILES string of the molecule is O=C(O)c1ccccc1Nc1cc(Cl)c(Cl)c2ccccc12. The minimum Gasteiger partial charge on any atom is -0.478 e. The monoisotopic (exact) mass is 331 g/mol. The molecular formula is C17H11Cl2NO2. The predicted octanol–water partition coefficient (Wildman–Crippen LogP) is 5.59. The van der Waals surface area contributed by atoms with Crippen molar-refractivity contribution in [3.63, 3.8) is 0 Å². The maximum Gasteiger partial charge on any atom is 0.337 e. The third-order valence-corrected chi connectivity index (χ3v) is 4.16. The number of aromatic carboxylic acids is 1. The molecule has 0 bridgehead atoms. The van der Waals surface area contributed by atoms with Crippen molar-refractivity contribution in [1.29, 1.82) is 0 Å². The van der Waals surface area contributed by atoms with E-state index in [1.165, 1.54) is 0 Å². The number of carboxylic acids is 1. The van der Waals surface area contributed by atoms with E-state index in [4.69, 9.17) is 23.2 Å². The average Bonchev–Trinajstić information content (AvgIpc) is 2.53. The van der Waals surface area contributed by atoms with Crippen molar-refractivity contribution in [2.45, 2.75) is 0 Å². The lowest BCUT2D eigenvalue weighted by atomic mass is 10.1. The van der Waals surface area contributed by atoms with E-state index in [2.05, 4.69) is 5.32 Å². The maximum absolute atomic E-state index is 11.3. The standard InChI is InChI=1S/C17H11Cl2NO2/c18-13-9-15(10-5-1-2-6-11(10)16(13)19)20-14-8-4-3-7-12(14)17(21)22/h1-9,20H,(H,21,22). The van der Waals surface area contributed by atoms with Gasteiger partial charge in [0.25, 0.3) is 0 Å². The minimum absolute atomic E-state index is 0.192. The highest BCUT2D eigenvalue weighted by Crippen LogP contribution is 2.37. The number of nitrogens with one attached hydrogen (secondary N) is 1. The summed E-state index contributed by atoms with van der Waals surface area (Å²) in [6.07, 6.45) is 0. The van der Waals surface area contributed by atoms with Gasteiger partial charge in [-0.05, 0) is 18.2 Å². The molecule has 0 aliphatic carbocycles. The molecule has 0 heterocycles. The van der Waals surface area contributed by atoms with E-state index in [9.17, 15) is 9.90 Å². The molecule has 3 rings (SSSR count). The second-order valence-electron chi connectivity index (χ2n) is 4.74. The van der Waals surface area contributed by atoms with Gasteiger partial charge in [-0.3, -0.25) is 0 Å². The predicted molar refractivity (Wildman–Crippen MR) is 90.7 cm³/mol. The van der Waals surface area contributed by atoms with Crippen LogP contribution in [0.2, 0.25) is 10.0 Å². The number of halogens is 2. The third-order valence-electron chi connectivity index (χ3n) is 3.36. The Hall–Kier alpha value is -2.23. The molecule has 5 heteroatoms. The molecule has 0 unspecified atom stereocenters. The number of para-hydroxylation sites is 1. The normalized spacial score (nSPS) is 10.6. The number of carboxylic acid groups (broad SMARTS) is 1. The molecule has 0 aromatic heterocycles. The van der Waals surface area contributed by atoms with Gasteiger partial charge in [-0.1, -0.05) is 59.6 Å². The zero-order valence-electron chi connectivity index (χ0n) is 11.3. The summed E-state index contributed by atoms with van der Waals surface area (Å²) in [5.41, 5.74) is 1.40. The summed E-state index contributed by atoms with van der Waals surface area (Å²) in [7, 11) is 0. The van der Waals surface area contributed by atoms with Gasteiger partial charge >= 0.3 is 5.97 Å². The Labute approximate surface area is 137 Å². The quantitative estimate of drug-likeness (QED) is 0.657. The number of hydrogen-bond donors (Lipinski definition) is 2. The topological polar surface area (TPSA) is 49.3 Å². The second-order valence-corrected chi connectivity index (χ2v) is 5.53. The van der Waals surface area contributed by atoms with Crippen molar-refractivity contribution in [3.05, 3.63) is 70.2 Å². The Kier molecular flexibility index (Phi) is 3.92. The summed E-state index contributed by atoms with van der Waals surface area (Å²) in [5.74, 6) is -0.993. The lowest BCUT2D eigenvalue weighted by Gasteiger charge is -2.14. The Morgan fingerprint density at radius 2 is 1.55 bits per heavy atom. The van der Waals surface area contributed by atoms with Crippen molar-refractivity contribution in [3.8, 4) is 0 Å². The molecule has 3 aromatic carbocycles. The van der Waals surface area contributed by atoms with Crippen molar-refractivity contribution < 1.29 is 9.90 Å². The summed E-state index contributed by atoms with van der Waals surface area (Å²) < 4.78 is 0. The van der Waals surface area contributed by atoms with Crippen LogP contribution in [-0.2, 0) is 0 Å². The Morgan fingerprint density at radius 3 is 2.27 bits per heavy atom. The van der Waals surface area contributed by atoms with E-state index in [1.54, 1.807) is 30.3 Å². The molecular weight excluding hydrogens is 321 g/mol. The fourth-order valence-corrected chi connectivity index (χ4v) is 2.76. The van der Waals surface area contributed by atoms with Gasteiger partial charge in [-0.2, -0.15) is 0 Å². The zero-order chi connectivity index (χ0) is 15.7. The Morgan fingerprint density at radius 1 is 0.909 bits per heavy atom. The molecule has 0 aliphatic heterocycles. The summed E-state index contributed by atoms with van der Waals surface area (Å²) in [6, 6.07) is 16.0. The van der Waals surface area contributed by atoms with Crippen LogP contribution < -0.4 is 5.32 Å². The molecule has 0 saturated heterocycles. The van der Waals surface area contributed by atoms with Gasteiger partial charge in [-0.15, -0.1) is 0 Å². The first kappa shape index (κ1) is 14.7. The van der Waals surface area contributed by atoms with Crippen LogP contribution in [-0.4, -0.2) is 11.1 Å². The van der Waals surface area contributed by atoms with Gasteiger partial charge in [0.1, 0.15) is 0 Å². The highest BCUT2D eigenvalue weighted by atomic mass is 35.5. The molecule has 2 N–H and O–H groups in total. The molecule has 0 spiro atoms. The van der Waals surface area contributed by atoms with Crippen LogP contribution in [0.15, 0.2) is 54.6 Å². The van der Waals surface area contributed by atoms with Crippen molar-refractivity contribution in [1.82, 2.24) is 0 Å². The zero-order valence-corrected chi connectivity index (χ0v) is 12.8. The van der Waals surface area contributed by atoms with E-state index in [0.29, 0.717) is 21.4 Å². The van der Waals surface area contributed by atoms with Crippen LogP contribution >= 0.6 is 23.2 Å². The molecule has 0 amide bonds. The number of anilines is 2. The molecule has 0 saturated carbocycles. The lowest BCUT2D eigenvalue weighted by molar-refractivity contribution is 0.0698. The third kappa shape index (κ3) is 2.61. The minimum atomic E-state index is -0.993. The summed E-state index contributed by atoms with van der Waals surface area (Å²) >= 11 is 12.4. The first-order chi connectivity index (χ1) is 10.6. The number of rotatable bonds is 3. The van der Waals surface area contributed by atoms with Crippen LogP contribution in [0.25, 0.3) is 10.8 Å². The van der Waals surface area contributed by atoms with Crippen molar-refractivity contribution >= 4 is 51.3 Å². The second kappa shape index (κ2) is 5.87. The Bertz CT molecular complexity index is 878. The van der Waals surface area contributed by atoms with E-state index in [0.717, 1.165) is 10.8 Å². The van der Waals surface area contributed by atoms with Gasteiger partial charge in [0.15, 0.2) is 0 Å². The van der Waals surface area contributed by atoms with Gasteiger partial charge in [0, 0.05) is 16.5 Å². The van der Waals surface area contributed by atoms with E-state index in [-0.39, 0.29) is 5.56 Å². The van der Waals surface area contributed by atoms with Crippen LogP contribution in [0.4, 0.5) is 11.4 Å². The molecule has 0 fully saturated rings. The number of carbonyl (C=O) groups is 1. The maximum atomic E-state index is 11.3. The number of benzene rings is 3. The van der Waals surface area contributed by atoms with E-state index >= 15 is 0 Å². The molecule has 0 aliphatic rings. The van der Waals surface area contributed by atoms with Crippen LogP contribution in [0.5, 0.6) is 0 Å². The molecule has 0 atom stereocenters. The average molecular weight is 332 g/mol. The van der Waals surface area contributed by atoms with E-state index < -0.39 is 5.97 Å². The smallest absolute Gasteiger partial charge is 0.337 e. The molecule has 0 radical (unpaired) electrons. The first-order valence-corrected chi connectivity index (χ1v) is 7.29. The fourth-order valence-electron chi connectivity index (χ4n) is 2.33. The van der Waals surface area contributed by atoms with Crippen LogP contribution in [0, 0.1) is 0 Å². The summed E-state index contributed by atoms with van der Waals surface area (Å²) in [5, 5.41) is 15.0. The van der Waals surface area contributed by atoms with Crippen LogP contribution in [0.3, 0.4) is 0 Å². The fraction of sp³-hybridized carbons (Fsp3) is 0. The van der Waals surface area contributed by atoms with Gasteiger partial charge in [0.05, 0.1) is 21.3 Å². The largest absolute Gasteiger partial charge is 0.478 e. The van der Waals surface area contributed by atoms with Gasteiger partial charge < -0.3 is 10.4 Å². The first-order valence-electron chi connectivity index (χ1n) is 6.54. The van der Waals surface area contributed by atoms with Crippen molar-refractivity contribution in [2.24, 2.45) is 0 Å². The Balaban J connectivity index is 2.17. The molecule has 3 aromatic rings. The van der Waals surface area contributed by atoms with Crippen LogP contribution in [0.1, 0.15) is 10.4 Å². The summed E-state index contributed by atoms with van der Waals surface area (Å²) in [6.45, 7) is 0. The molecule has 110 valence electrons. The molecule has 3 nitrogen and oxygen atoms in total. The highest BCUT2D eigenvalue weighted by Gasteiger charge is 2.13. The molecule has 22 heavy (non-hydrogen) atoms. The van der Waals surface area contributed by atoms with Crippen molar-refractivity contribution in [2.75, 3.05) is 5.32 Å². The lowest BCUT2D eigenvalue weighted by Crippen LogP contribution is -2.02. The number of fused-ring (bicyclic) bond motifs is 1. The highest BCUT2D eigenvalue weighted by molar-refractivity contribution is 6.45. The van der Waals surface area contributed by atoms with Gasteiger partial charge in [-0.25, -0.2) is 4.79 Å². The van der Waals surface area contributed by atoms with Gasteiger partial charge in [0.2, 0.25) is 0 Å². The summed E-state index contributed by atoms with van der Waals surface area (Å²) in [4.78, 5) is 11.3. The van der Waals surface area contributed by atoms with E-state index in [1.807, 2.05) is 24.3 Å². The number of hydrogen-bond acceptors (Lipinski definition) is 2.